The highest BCUT2D eigenvalue weighted by atomic mass is 16.6. The third kappa shape index (κ3) is 3.00. The van der Waals surface area contributed by atoms with Gasteiger partial charge in [0.15, 0.2) is 0 Å². The van der Waals surface area contributed by atoms with Crippen LogP contribution in [0.15, 0.2) is 47.5 Å². The number of rotatable bonds is 3. The molecule has 0 atom stereocenters. The molecule has 98 valence electrons. The minimum atomic E-state index is -0.572. The lowest BCUT2D eigenvalue weighted by atomic mass is 10.2. The molecule has 0 unspecified atom stereocenters. The number of nitro groups is 1. The molecule has 0 amide bonds. The monoisotopic (exact) mass is 266 g/mol. The molecule has 0 aliphatic rings. The van der Waals surface area contributed by atoms with E-state index in [2.05, 4.69) is 10.9 Å². The molecule has 1 N–H and O–H groups in total. The molecule has 0 heterocycles. The highest BCUT2D eigenvalue weighted by molar-refractivity contribution is 5.85. The second-order valence-corrected chi connectivity index (χ2v) is 3.95. The third-order valence-electron chi connectivity index (χ3n) is 2.59. The van der Waals surface area contributed by atoms with Crippen molar-refractivity contribution in [3.8, 4) is 18.1 Å². The Labute approximate surface area is 115 Å². The minimum absolute atomic E-state index is 0.172. The SMILES string of the molecule is C#Cc1cccc(/N=C/c2ccc([N+](=O)[O-])cc2O)c1. The first-order chi connectivity index (χ1) is 9.60. The van der Waals surface area contributed by atoms with Crippen LogP contribution in [0.5, 0.6) is 5.75 Å². The zero-order chi connectivity index (χ0) is 14.5. The first-order valence-corrected chi connectivity index (χ1v) is 5.68. The highest BCUT2D eigenvalue weighted by Gasteiger charge is 2.08. The fourth-order valence-electron chi connectivity index (χ4n) is 1.57. The second kappa shape index (κ2) is 5.67. The lowest BCUT2D eigenvalue weighted by Gasteiger charge is -1.99. The van der Waals surface area contributed by atoms with Gasteiger partial charge in [0.25, 0.3) is 5.69 Å². The number of nitrogens with zero attached hydrogens (tertiary/aromatic N) is 2. The van der Waals surface area contributed by atoms with Gasteiger partial charge in [-0.3, -0.25) is 15.1 Å². The van der Waals surface area contributed by atoms with Gasteiger partial charge in [0.05, 0.1) is 16.7 Å². The molecule has 0 aliphatic carbocycles. The normalized spacial score (nSPS) is 10.3. The first-order valence-electron chi connectivity index (χ1n) is 5.68. The van der Waals surface area contributed by atoms with Crippen molar-refractivity contribution in [1.82, 2.24) is 0 Å². The van der Waals surface area contributed by atoms with E-state index in [4.69, 9.17) is 6.42 Å². The number of phenolic OH excluding ortho intramolecular Hbond substituents is 1. The van der Waals surface area contributed by atoms with Crippen LogP contribution < -0.4 is 0 Å². The molecular weight excluding hydrogens is 256 g/mol. The fraction of sp³-hybridized carbons (Fsp3) is 0. The van der Waals surface area contributed by atoms with Crippen molar-refractivity contribution in [2.45, 2.75) is 0 Å². The molecule has 2 aromatic carbocycles. The van der Waals surface area contributed by atoms with E-state index in [1.165, 1.54) is 18.3 Å². The summed E-state index contributed by atoms with van der Waals surface area (Å²) in [4.78, 5) is 14.2. The molecule has 20 heavy (non-hydrogen) atoms. The summed E-state index contributed by atoms with van der Waals surface area (Å²) in [6.07, 6.45) is 6.71. The zero-order valence-corrected chi connectivity index (χ0v) is 10.4. The van der Waals surface area contributed by atoms with E-state index in [0.29, 0.717) is 16.8 Å². The Bertz CT molecular complexity index is 730. The first kappa shape index (κ1) is 13.3. The maximum absolute atomic E-state index is 10.6. The number of aliphatic imine (C=N–C) groups is 1. The number of aromatic hydroxyl groups is 1. The predicted octanol–water partition coefficient (Wildman–Crippen LogP) is 3.03. The van der Waals surface area contributed by atoms with E-state index in [1.807, 2.05) is 0 Å². The molecule has 5 heteroatoms. The van der Waals surface area contributed by atoms with Crippen LogP contribution in [-0.2, 0) is 0 Å². The molecule has 0 saturated heterocycles. The van der Waals surface area contributed by atoms with Crippen molar-refractivity contribution < 1.29 is 10.0 Å². The Morgan fingerprint density at radius 1 is 1.30 bits per heavy atom. The van der Waals surface area contributed by atoms with Crippen molar-refractivity contribution >= 4 is 17.6 Å². The van der Waals surface area contributed by atoms with Gasteiger partial charge in [-0.25, -0.2) is 0 Å². The number of terminal acetylenes is 1. The van der Waals surface area contributed by atoms with Crippen molar-refractivity contribution in [2.24, 2.45) is 4.99 Å². The number of benzene rings is 2. The summed E-state index contributed by atoms with van der Waals surface area (Å²) in [5.74, 6) is 2.30. The Hall–Kier alpha value is -3.13. The average molecular weight is 266 g/mol. The largest absolute Gasteiger partial charge is 0.507 e. The van der Waals surface area contributed by atoms with Crippen LogP contribution in [0.25, 0.3) is 0 Å². The van der Waals surface area contributed by atoms with Crippen LogP contribution in [0, 0.1) is 22.5 Å². The summed E-state index contributed by atoms with van der Waals surface area (Å²) >= 11 is 0. The van der Waals surface area contributed by atoms with E-state index < -0.39 is 4.92 Å². The standard InChI is InChI=1S/C15H10N2O3/c1-2-11-4-3-5-13(8-11)16-10-12-6-7-14(17(19)20)9-15(12)18/h1,3-10,18H/b16-10+. The van der Waals surface area contributed by atoms with Crippen LogP contribution in [-0.4, -0.2) is 16.2 Å². The van der Waals surface area contributed by atoms with Gasteiger partial charge in [0, 0.05) is 23.4 Å². The molecule has 0 bridgehead atoms. The van der Waals surface area contributed by atoms with Crippen LogP contribution in [0.3, 0.4) is 0 Å². The quantitative estimate of drug-likeness (QED) is 0.401. The zero-order valence-electron chi connectivity index (χ0n) is 10.4. The topological polar surface area (TPSA) is 75.7 Å². The van der Waals surface area contributed by atoms with Crippen molar-refractivity contribution in [3.63, 3.8) is 0 Å². The molecule has 0 fully saturated rings. The lowest BCUT2D eigenvalue weighted by molar-refractivity contribution is -0.384. The van der Waals surface area contributed by atoms with Crippen LogP contribution in [0.2, 0.25) is 0 Å². The Morgan fingerprint density at radius 2 is 2.10 bits per heavy atom. The molecule has 0 saturated carbocycles. The minimum Gasteiger partial charge on any atom is -0.507 e. The number of hydrogen-bond donors (Lipinski definition) is 1. The lowest BCUT2D eigenvalue weighted by Crippen LogP contribution is -1.89. The van der Waals surface area contributed by atoms with Gasteiger partial charge in [0.2, 0.25) is 0 Å². The Kier molecular flexibility index (Phi) is 3.77. The van der Waals surface area contributed by atoms with Crippen molar-refractivity contribution in [1.29, 1.82) is 0 Å². The number of non-ortho nitro benzene ring substituents is 1. The maximum atomic E-state index is 10.6. The third-order valence-corrected chi connectivity index (χ3v) is 2.59. The molecule has 2 aromatic rings. The van der Waals surface area contributed by atoms with Crippen molar-refractivity contribution in [2.75, 3.05) is 0 Å². The van der Waals surface area contributed by atoms with E-state index in [1.54, 1.807) is 24.3 Å². The number of phenols is 1. The van der Waals surface area contributed by atoms with Gasteiger partial charge in [0.1, 0.15) is 5.75 Å². The Balaban J connectivity index is 2.27. The number of nitro benzene ring substituents is 1. The summed E-state index contributed by atoms with van der Waals surface area (Å²) in [5, 5.41) is 20.2. The predicted molar refractivity (Wildman–Crippen MR) is 76.4 cm³/mol. The smallest absolute Gasteiger partial charge is 0.273 e. The van der Waals surface area contributed by atoms with Gasteiger partial charge >= 0.3 is 0 Å². The summed E-state index contributed by atoms with van der Waals surface area (Å²) in [6, 6.07) is 10.9. The summed E-state index contributed by atoms with van der Waals surface area (Å²) < 4.78 is 0. The van der Waals surface area contributed by atoms with Crippen LogP contribution in [0.1, 0.15) is 11.1 Å². The molecule has 5 nitrogen and oxygen atoms in total. The summed E-state index contributed by atoms with van der Waals surface area (Å²) in [7, 11) is 0. The van der Waals surface area contributed by atoms with Crippen LogP contribution in [0.4, 0.5) is 11.4 Å². The van der Waals surface area contributed by atoms with E-state index in [9.17, 15) is 15.2 Å². The van der Waals surface area contributed by atoms with Crippen molar-refractivity contribution in [3.05, 3.63) is 63.7 Å². The molecule has 0 aliphatic heterocycles. The second-order valence-electron chi connectivity index (χ2n) is 3.95. The van der Waals surface area contributed by atoms with Gasteiger partial charge in [-0.2, -0.15) is 0 Å². The number of hydrogen-bond acceptors (Lipinski definition) is 4. The molecule has 0 radical (unpaired) electrons. The van der Waals surface area contributed by atoms with Gasteiger partial charge < -0.3 is 5.11 Å². The van der Waals surface area contributed by atoms with Crippen LogP contribution >= 0.6 is 0 Å². The molecule has 2 rings (SSSR count). The average Bonchev–Trinajstić information content (AvgIpc) is 2.46. The summed E-state index contributed by atoms with van der Waals surface area (Å²) in [6.45, 7) is 0. The van der Waals surface area contributed by atoms with E-state index in [-0.39, 0.29) is 11.4 Å². The fourth-order valence-corrected chi connectivity index (χ4v) is 1.57. The summed E-state index contributed by atoms with van der Waals surface area (Å²) in [5.41, 5.74) is 1.56. The van der Waals surface area contributed by atoms with Gasteiger partial charge in [-0.15, -0.1) is 6.42 Å². The highest BCUT2D eigenvalue weighted by Crippen LogP contribution is 2.23. The molecular formula is C15H10N2O3. The van der Waals surface area contributed by atoms with Gasteiger partial charge in [-0.05, 0) is 24.3 Å². The maximum Gasteiger partial charge on any atom is 0.273 e. The Morgan fingerprint density at radius 3 is 2.75 bits per heavy atom. The van der Waals surface area contributed by atoms with E-state index in [0.717, 1.165) is 6.07 Å². The van der Waals surface area contributed by atoms with Gasteiger partial charge in [-0.1, -0.05) is 12.0 Å². The molecule has 0 aromatic heterocycles. The van der Waals surface area contributed by atoms with E-state index >= 15 is 0 Å². The molecule has 0 spiro atoms.